The first-order valence-electron chi connectivity index (χ1n) is 5.02. The number of hydrogen-bond acceptors (Lipinski definition) is 2. The molecule has 14 heavy (non-hydrogen) atoms. The zero-order valence-corrected chi connectivity index (χ0v) is 8.37. The van der Waals surface area contributed by atoms with Crippen LogP contribution in [0.25, 0.3) is 0 Å². The molecule has 0 bridgehead atoms. The molecular formula is C9H17FN2O2. The van der Waals surface area contributed by atoms with E-state index in [1.165, 1.54) is 0 Å². The Morgan fingerprint density at radius 2 is 2.50 bits per heavy atom. The van der Waals surface area contributed by atoms with Gasteiger partial charge >= 0.3 is 6.09 Å². The monoisotopic (exact) mass is 204 g/mol. The predicted molar refractivity (Wildman–Crippen MR) is 50.9 cm³/mol. The number of halogens is 1. The summed E-state index contributed by atoms with van der Waals surface area (Å²) in [4.78, 5) is 11.8. The standard InChI is InChI=1S/C9H17FN2O2/c1-2-3-8(10)12(9(13)14)7-4-5-11-6-7/h7-8,11H,2-6H2,1H3,(H,13,14). The van der Waals surface area contributed by atoms with Crippen molar-refractivity contribution in [2.24, 2.45) is 0 Å². The van der Waals surface area contributed by atoms with E-state index in [1.807, 2.05) is 6.92 Å². The molecule has 0 aliphatic carbocycles. The van der Waals surface area contributed by atoms with Gasteiger partial charge in [-0.1, -0.05) is 13.3 Å². The summed E-state index contributed by atoms with van der Waals surface area (Å²) in [6, 6.07) is -0.200. The number of nitrogens with one attached hydrogen (secondary N) is 1. The molecule has 82 valence electrons. The molecule has 0 aromatic rings. The second kappa shape index (κ2) is 5.14. The molecule has 2 atom stereocenters. The molecule has 1 aliphatic heterocycles. The fourth-order valence-corrected chi connectivity index (χ4v) is 1.76. The highest BCUT2D eigenvalue weighted by Gasteiger charge is 2.31. The summed E-state index contributed by atoms with van der Waals surface area (Å²) < 4.78 is 13.5. The predicted octanol–water partition coefficient (Wildman–Crippen LogP) is 1.42. The molecule has 1 saturated heterocycles. The van der Waals surface area contributed by atoms with Crippen molar-refractivity contribution in [3.63, 3.8) is 0 Å². The molecule has 1 amide bonds. The van der Waals surface area contributed by atoms with E-state index in [1.54, 1.807) is 0 Å². The molecule has 5 heteroatoms. The molecule has 1 heterocycles. The van der Waals surface area contributed by atoms with Crippen LogP contribution in [-0.2, 0) is 0 Å². The van der Waals surface area contributed by atoms with Gasteiger partial charge in [0, 0.05) is 6.54 Å². The van der Waals surface area contributed by atoms with Crippen molar-refractivity contribution in [1.82, 2.24) is 10.2 Å². The fraction of sp³-hybridized carbons (Fsp3) is 0.889. The summed E-state index contributed by atoms with van der Waals surface area (Å²) in [5.74, 6) is 0. The average molecular weight is 204 g/mol. The first-order valence-corrected chi connectivity index (χ1v) is 5.02. The third-order valence-electron chi connectivity index (χ3n) is 2.48. The van der Waals surface area contributed by atoms with Crippen LogP contribution in [0.1, 0.15) is 26.2 Å². The zero-order chi connectivity index (χ0) is 10.6. The van der Waals surface area contributed by atoms with Crippen molar-refractivity contribution in [3.8, 4) is 0 Å². The maximum absolute atomic E-state index is 13.5. The van der Waals surface area contributed by atoms with Crippen LogP contribution >= 0.6 is 0 Å². The van der Waals surface area contributed by atoms with E-state index in [-0.39, 0.29) is 12.5 Å². The number of nitrogens with zero attached hydrogens (tertiary/aromatic N) is 1. The van der Waals surface area contributed by atoms with Gasteiger partial charge in [0.2, 0.25) is 0 Å². The van der Waals surface area contributed by atoms with Crippen LogP contribution in [-0.4, -0.2) is 41.5 Å². The molecular weight excluding hydrogens is 187 g/mol. The summed E-state index contributed by atoms with van der Waals surface area (Å²) in [5, 5.41) is 11.9. The molecule has 1 aliphatic rings. The van der Waals surface area contributed by atoms with E-state index in [4.69, 9.17) is 5.11 Å². The van der Waals surface area contributed by atoms with Crippen LogP contribution in [0.5, 0.6) is 0 Å². The van der Waals surface area contributed by atoms with Gasteiger partial charge in [-0.3, -0.25) is 4.90 Å². The van der Waals surface area contributed by atoms with Gasteiger partial charge in [0.1, 0.15) is 0 Å². The smallest absolute Gasteiger partial charge is 0.409 e. The van der Waals surface area contributed by atoms with Crippen molar-refractivity contribution in [2.45, 2.75) is 38.5 Å². The molecule has 2 unspecified atom stereocenters. The Balaban J connectivity index is 2.57. The lowest BCUT2D eigenvalue weighted by Gasteiger charge is -2.28. The summed E-state index contributed by atoms with van der Waals surface area (Å²) in [5.41, 5.74) is 0. The number of amides is 1. The minimum atomic E-state index is -1.36. The highest BCUT2D eigenvalue weighted by Crippen LogP contribution is 2.17. The van der Waals surface area contributed by atoms with E-state index < -0.39 is 12.4 Å². The van der Waals surface area contributed by atoms with Gasteiger partial charge in [-0.2, -0.15) is 0 Å². The van der Waals surface area contributed by atoms with Crippen molar-refractivity contribution in [3.05, 3.63) is 0 Å². The normalized spacial score (nSPS) is 23.4. The van der Waals surface area contributed by atoms with Crippen LogP contribution in [0.4, 0.5) is 9.18 Å². The number of alkyl halides is 1. The van der Waals surface area contributed by atoms with Crippen molar-refractivity contribution >= 4 is 6.09 Å². The molecule has 1 fully saturated rings. The Hall–Kier alpha value is -0.840. The third kappa shape index (κ3) is 2.57. The van der Waals surface area contributed by atoms with Gasteiger partial charge in [0.15, 0.2) is 6.30 Å². The van der Waals surface area contributed by atoms with E-state index >= 15 is 0 Å². The van der Waals surface area contributed by atoms with E-state index in [0.29, 0.717) is 19.4 Å². The molecule has 0 aromatic heterocycles. The van der Waals surface area contributed by atoms with E-state index in [0.717, 1.165) is 11.4 Å². The van der Waals surface area contributed by atoms with Crippen LogP contribution in [0.3, 0.4) is 0 Å². The van der Waals surface area contributed by atoms with Crippen molar-refractivity contribution < 1.29 is 14.3 Å². The number of carboxylic acid groups (broad SMARTS) is 1. The van der Waals surface area contributed by atoms with Gasteiger partial charge in [0.25, 0.3) is 0 Å². The quantitative estimate of drug-likeness (QED) is 0.681. The topological polar surface area (TPSA) is 52.6 Å². The first kappa shape index (κ1) is 11.2. The minimum absolute atomic E-state index is 0.200. The lowest BCUT2D eigenvalue weighted by molar-refractivity contribution is 0.0430. The molecule has 1 rings (SSSR count). The summed E-state index contributed by atoms with van der Waals surface area (Å²) in [6.45, 7) is 3.18. The van der Waals surface area contributed by atoms with E-state index in [9.17, 15) is 9.18 Å². The second-order valence-corrected chi connectivity index (χ2v) is 3.56. The Kier molecular flexibility index (Phi) is 4.13. The molecule has 0 spiro atoms. The number of hydrogen-bond donors (Lipinski definition) is 2. The summed E-state index contributed by atoms with van der Waals surface area (Å²) in [7, 11) is 0. The minimum Gasteiger partial charge on any atom is -0.465 e. The second-order valence-electron chi connectivity index (χ2n) is 3.56. The zero-order valence-electron chi connectivity index (χ0n) is 8.37. The van der Waals surface area contributed by atoms with Crippen molar-refractivity contribution in [1.29, 1.82) is 0 Å². The summed E-state index contributed by atoms with van der Waals surface area (Å²) >= 11 is 0. The highest BCUT2D eigenvalue weighted by molar-refractivity contribution is 5.65. The van der Waals surface area contributed by atoms with Crippen LogP contribution in [0.15, 0.2) is 0 Å². The first-order chi connectivity index (χ1) is 6.66. The largest absolute Gasteiger partial charge is 0.465 e. The van der Waals surface area contributed by atoms with E-state index in [2.05, 4.69) is 5.32 Å². The van der Waals surface area contributed by atoms with Crippen LogP contribution in [0, 0.1) is 0 Å². The Labute approximate surface area is 83.1 Å². The van der Waals surface area contributed by atoms with Gasteiger partial charge in [-0.25, -0.2) is 9.18 Å². The molecule has 0 saturated carbocycles. The van der Waals surface area contributed by atoms with Gasteiger partial charge < -0.3 is 10.4 Å². The summed E-state index contributed by atoms with van der Waals surface area (Å²) in [6.07, 6.45) is -0.869. The lowest BCUT2D eigenvalue weighted by Crippen LogP contribution is -2.45. The van der Waals surface area contributed by atoms with Crippen LogP contribution in [0.2, 0.25) is 0 Å². The molecule has 4 nitrogen and oxygen atoms in total. The maximum atomic E-state index is 13.5. The van der Waals surface area contributed by atoms with Crippen molar-refractivity contribution in [2.75, 3.05) is 13.1 Å². The lowest BCUT2D eigenvalue weighted by atomic mass is 10.2. The number of rotatable bonds is 4. The Morgan fingerprint density at radius 3 is 2.93 bits per heavy atom. The Morgan fingerprint density at radius 1 is 1.79 bits per heavy atom. The highest BCUT2D eigenvalue weighted by atomic mass is 19.1. The maximum Gasteiger partial charge on any atom is 0.409 e. The SMILES string of the molecule is CCCC(F)N(C(=O)O)C1CCNC1. The van der Waals surface area contributed by atoms with Gasteiger partial charge in [-0.05, 0) is 19.4 Å². The van der Waals surface area contributed by atoms with Gasteiger partial charge in [0.05, 0.1) is 6.04 Å². The third-order valence-corrected chi connectivity index (χ3v) is 2.48. The van der Waals surface area contributed by atoms with Crippen LogP contribution < -0.4 is 5.32 Å². The molecule has 0 radical (unpaired) electrons. The molecule has 2 N–H and O–H groups in total. The fourth-order valence-electron chi connectivity index (χ4n) is 1.76. The molecule has 0 aromatic carbocycles. The Bertz CT molecular complexity index is 195. The number of carbonyl (C=O) groups is 1. The van der Waals surface area contributed by atoms with Gasteiger partial charge in [-0.15, -0.1) is 0 Å². The average Bonchev–Trinajstić information content (AvgIpc) is 2.57.